The number of nitrogens with one attached hydrogen (secondary N) is 2. The quantitative estimate of drug-likeness (QED) is 0.563. The molecular weight excluding hydrogens is 270 g/mol. The van der Waals surface area contributed by atoms with E-state index in [1.807, 2.05) is 18.2 Å². The van der Waals surface area contributed by atoms with Crippen LogP contribution >= 0.6 is 12.2 Å². The number of benzene rings is 1. The highest BCUT2D eigenvalue weighted by molar-refractivity contribution is 7.80. The first kappa shape index (κ1) is 16.7. The van der Waals surface area contributed by atoms with Gasteiger partial charge in [0.05, 0.1) is 7.11 Å². The van der Waals surface area contributed by atoms with E-state index in [4.69, 9.17) is 17.0 Å². The molecule has 112 valence electrons. The fraction of sp³-hybridized carbons (Fsp3) is 0.533. The predicted octanol–water partition coefficient (Wildman–Crippen LogP) is 1.65. The van der Waals surface area contributed by atoms with Crippen LogP contribution in [-0.4, -0.2) is 50.9 Å². The number of methoxy groups -OCH3 is 1. The number of hydrogen-bond donors (Lipinski definition) is 2. The van der Waals surface area contributed by atoms with Crippen molar-refractivity contribution >= 4 is 17.3 Å². The number of nitrogens with zero attached hydrogens (tertiary/aromatic N) is 1. The van der Waals surface area contributed by atoms with Crippen LogP contribution < -0.4 is 15.4 Å². The largest absolute Gasteiger partial charge is 0.496 e. The van der Waals surface area contributed by atoms with Gasteiger partial charge in [0.15, 0.2) is 5.11 Å². The average molecular weight is 295 g/mol. The minimum atomic E-state index is 0.721. The molecule has 2 N–H and O–H groups in total. The minimum Gasteiger partial charge on any atom is -0.496 e. The van der Waals surface area contributed by atoms with Crippen LogP contribution in [0.25, 0.3) is 0 Å². The molecule has 0 saturated heterocycles. The second kappa shape index (κ2) is 9.55. The Kier molecular flexibility index (Phi) is 7.99. The van der Waals surface area contributed by atoms with Crippen molar-refractivity contribution in [2.45, 2.75) is 12.8 Å². The molecule has 0 spiro atoms. The van der Waals surface area contributed by atoms with Crippen LogP contribution in [0.1, 0.15) is 12.0 Å². The van der Waals surface area contributed by atoms with Crippen LogP contribution in [0.2, 0.25) is 0 Å². The zero-order valence-electron chi connectivity index (χ0n) is 12.6. The summed E-state index contributed by atoms with van der Waals surface area (Å²) in [5.74, 6) is 0.930. The fourth-order valence-electron chi connectivity index (χ4n) is 1.88. The van der Waals surface area contributed by atoms with Crippen molar-refractivity contribution < 1.29 is 4.74 Å². The zero-order chi connectivity index (χ0) is 14.8. The Bertz CT molecular complexity index is 410. The minimum absolute atomic E-state index is 0.721. The molecule has 1 aromatic rings. The second-order valence-corrected chi connectivity index (χ2v) is 5.31. The van der Waals surface area contributed by atoms with Gasteiger partial charge in [-0.2, -0.15) is 0 Å². The maximum Gasteiger partial charge on any atom is 0.166 e. The van der Waals surface area contributed by atoms with E-state index >= 15 is 0 Å². The molecule has 1 aromatic carbocycles. The molecule has 0 atom stereocenters. The fourth-order valence-corrected chi connectivity index (χ4v) is 2.08. The van der Waals surface area contributed by atoms with E-state index in [1.54, 1.807) is 7.11 Å². The molecule has 20 heavy (non-hydrogen) atoms. The number of hydrogen-bond acceptors (Lipinski definition) is 3. The topological polar surface area (TPSA) is 36.5 Å². The van der Waals surface area contributed by atoms with Crippen molar-refractivity contribution in [1.29, 1.82) is 0 Å². The molecular formula is C15H25N3OS. The first-order valence-electron chi connectivity index (χ1n) is 6.92. The van der Waals surface area contributed by atoms with Crippen LogP contribution in [-0.2, 0) is 6.42 Å². The van der Waals surface area contributed by atoms with E-state index < -0.39 is 0 Å². The molecule has 0 saturated carbocycles. The van der Waals surface area contributed by atoms with Gasteiger partial charge in [-0.05, 0) is 57.3 Å². The number of para-hydroxylation sites is 1. The molecule has 1 rings (SSSR count). The van der Waals surface area contributed by atoms with Crippen LogP contribution in [0.15, 0.2) is 24.3 Å². The Morgan fingerprint density at radius 1 is 1.20 bits per heavy atom. The number of ether oxygens (including phenoxy) is 1. The Morgan fingerprint density at radius 3 is 2.60 bits per heavy atom. The number of thiocarbonyl (C=S) groups is 1. The maximum absolute atomic E-state index is 5.32. The van der Waals surface area contributed by atoms with Crippen molar-refractivity contribution in [3.05, 3.63) is 29.8 Å². The lowest BCUT2D eigenvalue weighted by molar-refractivity contribution is 0.400. The van der Waals surface area contributed by atoms with Crippen molar-refractivity contribution in [3.8, 4) is 5.75 Å². The van der Waals surface area contributed by atoms with Gasteiger partial charge in [0.25, 0.3) is 0 Å². The predicted molar refractivity (Wildman–Crippen MR) is 88.5 cm³/mol. The zero-order valence-corrected chi connectivity index (χ0v) is 13.4. The summed E-state index contributed by atoms with van der Waals surface area (Å²) in [6, 6.07) is 8.06. The van der Waals surface area contributed by atoms with Crippen LogP contribution in [0.5, 0.6) is 5.75 Å². The molecule has 0 heterocycles. The van der Waals surface area contributed by atoms with Crippen molar-refractivity contribution in [1.82, 2.24) is 15.5 Å². The van der Waals surface area contributed by atoms with E-state index in [2.05, 4.69) is 35.7 Å². The summed E-state index contributed by atoms with van der Waals surface area (Å²) in [6.45, 7) is 2.77. The number of rotatable bonds is 8. The highest BCUT2D eigenvalue weighted by Crippen LogP contribution is 2.17. The Hall–Kier alpha value is -1.33. The van der Waals surface area contributed by atoms with Gasteiger partial charge in [-0.15, -0.1) is 0 Å². The Morgan fingerprint density at radius 2 is 1.90 bits per heavy atom. The molecule has 0 aliphatic heterocycles. The average Bonchev–Trinajstić information content (AvgIpc) is 2.44. The van der Waals surface area contributed by atoms with Gasteiger partial charge in [-0.3, -0.25) is 0 Å². The van der Waals surface area contributed by atoms with E-state index in [9.17, 15) is 0 Å². The van der Waals surface area contributed by atoms with Gasteiger partial charge in [0.2, 0.25) is 0 Å². The van der Waals surface area contributed by atoms with Gasteiger partial charge < -0.3 is 20.3 Å². The third kappa shape index (κ3) is 6.73. The second-order valence-electron chi connectivity index (χ2n) is 4.90. The normalized spacial score (nSPS) is 10.4. The summed E-state index contributed by atoms with van der Waals surface area (Å²) in [7, 11) is 5.84. The lowest BCUT2D eigenvalue weighted by Gasteiger charge is -2.13. The Labute approximate surface area is 127 Å². The summed E-state index contributed by atoms with van der Waals surface area (Å²) in [4.78, 5) is 2.17. The summed E-state index contributed by atoms with van der Waals surface area (Å²) >= 11 is 5.24. The highest BCUT2D eigenvalue weighted by atomic mass is 32.1. The third-order valence-electron chi connectivity index (χ3n) is 2.94. The molecule has 0 aliphatic carbocycles. The van der Waals surface area contributed by atoms with Gasteiger partial charge in [-0.1, -0.05) is 18.2 Å². The summed E-state index contributed by atoms with van der Waals surface area (Å²) < 4.78 is 5.32. The van der Waals surface area contributed by atoms with Crippen molar-refractivity contribution in [2.75, 3.05) is 40.8 Å². The van der Waals surface area contributed by atoms with Crippen molar-refractivity contribution in [2.24, 2.45) is 0 Å². The van der Waals surface area contributed by atoms with Gasteiger partial charge in [-0.25, -0.2) is 0 Å². The molecule has 5 heteroatoms. The lowest BCUT2D eigenvalue weighted by Crippen LogP contribution is -2.37. The molecule has 0 bridgehead atoms. The van der Waals surface area contributed by atoms with Crippen LogP contribution in [0.3, 0.4) is 0 Å². The van der Waals surface area contributed by atoms with E-state index in [0.717, 1.165) is 43.3 Å². The highest BCUT2D eigenvalue weighted by Gasteiger charge is 2.01. The molecule has 0 amide bonds. The van der Waals surface area contributed by atoms with Gasteiger partial charge in [0, 0.05) is 13.1 Å². The van der Waals surface area contributed by atoms with Crippen LogP contribution in [0, 0.1) is 0 Å². The molecule has 0 aromatic heterocycles. The van der Waals surface area contributed by atoms with E-state index in [0.29, 0.717) is 0 Å². The molecule has 0 aliphatic rings. The third-order valence-corrected chi connectivity index (χ3v) is 3.23. The first-order chi connectivity index (χ1) is 9.63. The summed E-state index contributed by atoms with van der Waals surface area (Å²) in [5, 5.41) is 7.16. The maximum atomic E-state index is 5.32. The Balaban J connectivity index is 2.18. The standard InChI is InChI=1S/C15H25N3OS/c1-18(2)12-6-10-16-15(20)17-11-9-13-7-4-5-8-14(13)19-3/h4-5,7-8H,6,9-12H2,1-3H3,(H2,16,17,20). The SMILES string of the molecule is COc1ccccc1CCNC(=S)NCCCN(C)C. The monoisotopic (exact) mass is 295 g/mol. The van der Waals surface area contributed by atoms with E-state index in [-0.39, 0.29) is 0 Å². The van der Waals surface area contributed by atoms with Gasteiger partial charge >= 0.3 is 0 Å². The molecule has 0 fully saturated rings. The molecule has 0 unspecified atom stereocenters. The molecule has 4 nitrogen and oxygen atoms in total. The van der Waals surface area contributed by atoms with E-state index in [1.165, 1.54) is 5.56 Å². The summed E-state index contributed by atoms with van der Waals surface area (Å²) in [5.41, 5.74) is 1.19. The first-order valence-corrected chi connectivity index (χ1v) is 7.32. The lowest BCUT2D eigenvalue weighted by atomic mass is 10.1. The van der Waals surface area contributed by atoms with Gasteiger partial charge in [0.1, 0.15) is 5.75 Å². The molecule has 0 radical (unpaired) electrons. The smallest absolute Gasteiger partial charge is 0.166 e. The van der Waals surface area contributed by atoms with Crippen LogP contribution in [0.4, 0.5) is 0 Å². The van der Waals surface area contributed by atoms with Crippen molar-refractivity contribution in [3.63, 3.8) is 0 Å². The summed E-state index contributed by atoms with van der Waals surface area (Å²) in [6.07, 6.45) is 1.98.